The van der Waals surface area contributed by atoms with Crippen LogP contribution in [0, 0.1) is 6.92 Å². The lowest BCUT2D eigenvalue weighted by molar-refractivity contribution is 0.0423. The SMILES string of the molecule is Cc1c(Cl)cccc1CNC(=O)N1CCC2(CC1)CN(C)CCCN2C. The molecule has 1 spiro atoms. The normalized spacial score (nSPS) is 21.6. The van der Waals surface area contributed by atoms with E-state index in [4.69, 9.17) is 11.6 Å². The van der Waals surface area contributed by atoms with Gasteiger partial charge in [-0.3, -0.25) is 4.90 Å². The third-order valence-electron chi connectivity index (χ3n) is 6.20. The molecule has 26 heavy (non-hydrogen) atoms. The van der Waals surface area contributed by atoms with Gasteiger partial charge in [0.15, 0.2) is 0 Å². The van der Waals surface area contributed by atoms with Crippen LogP contribution in [0.2, 0.25) is 5.02 Å². The van der Waals surface area contributed by atoms with Crippen LogP contribution in [0.25, 0.3) is 0 Å². The molecule has 0 unspecified atom stereocenters. The van der Waals surface area contributed by atoms with Gasteiger partial charge in [0, 0.05) is 36.7 Å². The van der Waals surface area contributed by atoms with Crippen LogP contribution in [-0.2, 0) is 6.54 Å². The maximum absolute atomic E-state index is 12.6. The van der Waals surface area contributed by atoms with Crippen molar-refractivity contribution in [3.05, 3.63) is 34.3 Å². The Bertz CT molecular complexity index is 643. The maximum Gasteiger partial charge on any atom is 0.317 e. The number of nitrogens with zero attached hydrogens (tertiary/aromatic N) is 3. The highest BCUT2D eigenvalue weighted by molar-refractivity contribution is 6.31. The lowest BCUT2D eigenvalue weighted by atomic mass is 9.85. The lowest BCUT2D eigenvalue weighted by Gasteiger charge is -2.47. The van der Waals surface area contributed by atoms with E-state index in [-0.39, 0.29) is 11.6 Å². The summed E-state index contributed by atoms with van der Waals surface area (Å²) in [4.78, 5) is 19.5. The fourth-order valence-corrected chi connectivity index (χ4v) is 4.50. The minimum Gasteiger partial charge on any atom is -0.334 e. The van der Waals surface area contributed by atoms with Gasteiger partial charge in [0.05, 0.1) is 0 Å². The minimum absolute atomic E-state index is 0.0313. The number of piperidine rings is 1. The number of halogens is 1. The molecule has 0 bridgehead atoms. The van der Waals surface area contributed by atoms with Gasteiger partial charge in [0.2, 0.25) is 0 Å². The highest BCUT2D eigenvalue weighted by Gasteiger charge is 2.40. The molecule has 0 aliphatic carbocycles. The van der Waals surface area contributed by atoms with Gasteiger partial charge in [-0.05, 0) is 70.6 Å². The van der Waals surface area contributed by atoms with Crippen molar-refractivity contribution < 1.29 is 4.79 Å². The number of carbonyl (C=O) groups is 1. The number of carbonyl (C=O) groups excluding carboxylic acids is 1. The van der Waals surface area contributed by atoms with Gasteiger partial charge < -0.3 is 15.1 Å². The van der Waals surface area contributed by atoms with Crippen LogP contribution >= 0.6 is 11.6 Å². The molecule has 144 valence electrons. The molecule has 3 rings (SSSR count). The summed E-state index contributed by atoms with van der Waals surface area (Å²) >= 11 is 6.17. The van der Waals surface area contributed by atoms with Gasteiger partial charge in [-0.15, -0.1) is 0 Å². The van der Waals surface area contributed by atoms with E-state index in [9.17, 15) is 4.79 Å². The number of benzene rings is 1. The molecule has 0 atom stereocenters. The van der Waals surface area contributed by atoms with Gasteiger partial charge in [-0.2, -0.15) is 0 Å². The Kier molecular flexibility index (Phi) is 6.10. The number of hydrogen-bond donors (Lipinski definition) is 1. The molecule has 5 nitrogen and oxygen atoms in total. The van der Waals surface area contributed by atoms with Gasteiger partial charge in [0.1, 0.15) is 0 Å². The molecule has 2 aliphatic heterocycles. The number of likely N-dealkylation sites (tertiary alicyclic amines) is 1. The summed E-state index contributed by atoms with van der Waals surface area (Å²) in [6.07, 6.45) is 3.30. The largest absolute Gasteiger partial charge is 0.334 e. The Balaban J connectivity index is 1.55. The molecule has 0 radical (unpaired) electrons. The van der Waals surface area contributed by atoms with Crippen molar-refractivity contribution in [3.8, 4) is 0 Å². The van der Waals surface area contributed by atoms with E-state index < -0.39 is 0 Å². The lowest BCUT2D eigenvalue weighted by Crippen LogP contribution is -2.59. The molecule has 2 amide bonds. The van der Waals surface area contributed by atoms with Crippen molar-refractivity contribution in [1.29, 1.82) is 0 Å². The van der Waals surface area contributed by atoms with Crippen LogP contribution in [0.5, 0.6) is 0 Å². The van der Waals surface area contributed by atoms with E-state index in [2.05, 4.69) is 29.2 Å². The first-order chi connectivity index (χ1) is 12.4. The number of urea groups is 1. The monoisotopic (exact) mass is 378 g/mol. The Labute approximate surface area is 162 Å². The third-order valence-corrected chi connectivity index (χ3v) is 6.61. The molecule has 0 saturated carbocycles. The molecular weight excluding hydrogens is 348 g/mol. The molecule has 1 aromatic carbocycles. The minimum atomic E-state index is 0.0313. The fraction of sp³-hybridized carbons (Fsp3) is 0.650. The van der Waals surface area contributed by atoms with Crippen molar-refractivity contribution in [3.63, 3.8) is 0 Å². The zero-order chi connectivity index (χ0) is 18.7. The number of amides is 2. The van der Waals surface area contributed by atoms with Crippen molar-refractivity contribution in [2.75, 3.05) is 46.8 Å². The third kappa shape index (κ3) is 4.16. The summed E-state index contributed by atoms with van der Waals surface area (Å²) in [5.74, 6) is 0. The van der Waals surface area contributed by atoms with Crippen LogP contribution in [0.4, 0.5) is 4.79 Å². The van der Waals surface area contributed by atoms with E-state index in [0.29, 0.717) is 6.54 Å². The van der Waals surface area contributed by atoms with E-state index in [1.807, 2.05) is 30.0 Å². The maximum atomic E-state index is 12.6. The first kappa shape index (κ1) is 19.5. The topological polar surface area (TPSA) is 38.8 Å². The second kappa shape index (κ2) is 8.15. The quantitative estimate of drug-likeness (QED) is 0.859. The van der Waals surface area contributed by atoms with E-state index in [1.54, 1.807) is 0 Å². The molecule has 1 N–H and O–H groups in total. The van der Waals surface area contributed by atoms with Crippen molar-refractivity contribution in [2.24, 2.45) is 0 Å². The average molecular weight is 379 g/mol. The van der Waals surface area contributed by atoms with Crippen LogP contribution in [-0.4, -0.2) is 73.1 Å². The summed E-state index contributed by atoms with van der Waals surface area (Å²) in [5.41, 5.74) is 2.32. The molecule has 2 saturated heterocycles. The van der Waals surface area contributed by atoms with E-state index in [0.717, 1.165) is 61.7 Å². The Morgan fingerprint density at radius 3 is 2.65 bits per heavy atom. The standard InChI is InChI=1S/C20H31ClN4O/c1-16-17(6-4-7-18(16)21)14-22-19(26)25-12-8-20(9-13-25)15-23(2)10-5-11-24(20)3/h4,6-7H,5,8-15H2,1-3H3,(H,22,26). The molecule has 6 heteroatoms. The predicted molar refractivity (Wildman–Crippen MR) is 107 cm³/mol. The number of hydrogen-bond acceptors (Lipinski definition) is 3. The van der Waals surface area contributed by atoms with Crippen molar-refractivity contribution in [1.82, 2.24) is 20.0 Å². The van der Waals surface area contributed by atoms with Gasteiger partial charge in [-0.25, -0.2) is 4.79 Å². The van der Waals surface area contributed by atoms with Gasteiger partial charge in [-0.1, -0.05) is 23.7 Å². The van der Waals surface area contributed by atoms with Crippen LogP contribution in [0.3, 0.4) is 0 Å². The second-order valence-corrected chi connectivity index (χ2v) is 8.31. The van der Waals surface area contributed by atoms with Gasteiger partial charge in [0.25, 0.3) is 0 Å². The first-order valence-electron chi connectivity index (χ1n) is 9.58. The van der Waals surface area contributed by atoms with Crippen molar-refractivity contribution in [2.45, 2.75) is 38.3 Å². The Morgan fingerprint density at radius 2 is 1.92 bits per heavy atom. The molecule has 2 fully saturated rings. The number of nitrogens with one attached hydrogen (secondary N) is 1. The number of rotatable bonds is 2. The summed E-state index contributed by atoms with van der Waals surface area (Å²) in [7, 11) is 4.46. The van der Waals surface area contributed by atoms with Gasteiger partial charge >= 0.3 is 6.03 Å². The highest BCUT2D eigenvalue weighted by Crippen LogP contribution is 2.31. The summed E-state index contributed by atoms with van der Waals surface area (Å²) in [6, 6.07) is 5.86. The Hall–Kier alpha value is -1.30. The molecule has 2 aliphatic rings. The second-order valence-electron chi connectivity index (χ2n) is 7.91. The fourth-order valence-electron chi connectivity index (χ4n) is 4.31. The zero-order valence-corrected chi connectivity index (χ0v) is 17.0. The molecule has 2 heterocycles. The predicted octanol–water partition coefficient (Wildman–Crippen LogP) is 2.96. The summed E-state index contributed by atoms with van der Waals surface area (Å²) in [6.45, 7) is 7.56. The summed E-state index contributed by atoms with van der Waals surface area (Å²) in [5, 5.41) is 3.81. The molecule has 1 aromatic rings. The van der Waals surface area contributed by atoms with E-state index >= 15 is 0 Å². The van der Waals surface area contributed by atoms with Crippen LogP contribution < -0.4 is 5.32 Å². The summed E-state index contributed by atoms with van der Waals surface area (Å²) < 4.78 is 0. The molecular formula is C20H31ClN4O. The van der Waals surface area contributed by atoms with Crippen LogP contribution in [0.15, 0.2) is 18.2 Å². The smallest absolute Gasteiger partial charge is 0.317 e. The van der Waals surface area contributed by atoms with Crippen molar-refractivity contribution >= 4 is 17.6 Å². The average Bonchev–Trinajstić information content (AvgIpc) is 2.75. The first-order valence-corrected chi connectivity index (χ1v) is 9.96. The van der Waals surface area contributed by atoms with Crippen LogP contribution in [0.1, 0.15) is 30.4 Å². The van der Waals surface area contributed by atoms with E-state index in [1.165, 1.54) is 6.42 Å². The molecule has 0 aromatic heterocycles. The zero-order valence-electron chi connectivity index (χ0n) is 16.2. The highest BCUT2D eigenvalue weighted by atomic mass is 35.5. The Morgan fingerprint density at radius 1 is 1.19 bits per heavy atom. The number of likely N-dealkylation sites (N-methyl/N-ethyl adjacent to an activating group) is 2.